The van der Waals surface area contributed by atoms with Crippen molar-refractivity contribution in [1.82, 2.24) is 10.2 Å². The molecule has 1 aromatic rings. The van der Waals surface area contributed by atoms with Crippen molar-refractivity contribution in [2.75, 3.05) is 38.3 Å². The van der Waals surface area contributed by atoms with Gasteiger partial charge in [-0.2, -0.15) is 0 Å². The van der Waals surface area contributed by atoms with E-state index >= 15 is 0 Å². The summed E-state index contributed by atoms with van der Waals surface area (Å²) in [5.41, 5.74) is -0.765. The molecule has 5 rings (SSSR count). The Bertz CT molecular complexity index is 1320. The summed E-state index contributed by atoms with van der Waals surface area (Å²) in [7, 11) is 1.57. The number of carbonyl (C=O) groups is 4. The van der Waals surface area contributed by atoms with Gasteiger partial charge in [0.05, 0.1) is 19.6 Å². The number of anilines is 1. The zero-order valence-electron chi connectivity index (χ0n) is 25.1. The van der Waals surface area contributed by atoms with Crippen molar-refractivity contribution >= 4 is 45.3 Å². The molecule has 0 saturated carbocycles. The van der Waals surface area contributed by atoms with Gasteiger partial charge < -0.3 is 34.4 Å². The number of hydrogen-bond acceptors (Lipinski definition) is 8. The fourth-order valence-corrected chi connectivity index (χ4v) is 7.40. The summed E-state index contributed by atoms with van der Waals surface area (Å²) < 4.78 is 18.2. The maximum absolute atomic E-state index is 14.8. The van der Waals surface area contributed by atoms with Gasteiger partial charge in [0.25, 0.3) is 5.91 Å². The van der Waals surface area contributed by atoms with Gasteiger partial charge in [0, 0.05) is 36.3 Å². The molecular weight excluding hydrogens is 634 g/mol. The van der Waals surface area contributed by atoms with E-state index in [-0.39, 0.29) is 43.8 Å². The van der Waals surface area contributed by atoms with E-state index in [1.54, 1.807) is 54.2 Å². The third-order valence-corrected chi connectivity index (χ3v) is 9.47. The summed E-state index contributed by atoms with van der Waals surface area (Å²) in [5, 5.41) is 12.0. The number of amides is 3. The Morgan fingerprint density at radius 1 is 1.07 bits per heavy atom. The summed E-state index contributed by atoms with van der Waals surface area (Å²) >= 11 is 3.56. The van der Waals surface area contributed by atoms with Crippen LogP contribution in [0.4, 0.5) is 5.69 Å². The third-order valence-electron chi connectivity index (χ3n) is 8.79. The predicted molar refractivity (Wildman–Crippen MR) is 165 cm³/mol. The van der Waals surface area contributed by atoms with E-state index in [1.165, 1.54) is 0 Å². The lowest BCUT2D eigenvalue weighted by atomic mass is 9.74. The summed E-state index contributed by atoms with van der Waals surface area (Å²) in [6.45, 7) is 2.42. The lowest BCUT2D eigenvalue weighted by Gasteiger charge is -2.36. The van der Waals surface area contributed by atoms with Crippen LogP contribution in [0.3, 0.4) is 0 Å². The minimum Gasteiger partial charge on any atom is -0.497 e. The highest BCUT2D eigenvalue weighted by atomic mass is 79.9. The second-order valence-electron chi connectivity index (χ2n) is 11.7. The lowest BCUT2D eigenvalue weighted by molar-refractivity contribution is -0.158. The first-order valence-corrected chi connectivity index (χ1v) is 16.1. The Labute approximate surface area is 265 Å². The molecule has 44 heavy (non-hydrogen) atoms. The molecule has 2 saturated heterocycles. The van der Waals surface area contributed by atoms with Crippen molar-refractivity contribution in [3.63, 3.8) is 0 Å². The first kappa shape index (κ1) is 32.2. The van der Waals surface area contributed by atoms with Crippen LogP contribution >= 0.6 is 15.9 Å². The van der Waals surface area contributed by atoms with Crippen molar-refractivity contribution in [3.05, 3.63) is 47.0 Å². The maximum atomic E-state index is 14.8. The van der Waals surface area contributed by atoms with Gasteiger partial charge in [0.2, 0.25) is 11.8 Å². The number of methoxy groups -OCH3 is 1. The Hall–Kier alpha value is -3.22. The summed E-state index contributed by atoms with van der Waals surface area (Å²) in [6.07, 6.45) is 7.65. The number of likely N-dealkylation sites (tertiary alicyclic amines) is 1. The fourth-order valence-electron chi connectivity index (χ4n) is 6.66. The van der Waals surface area contributed by atoms with Gasteiger partial charge in [-0.05, 0) is 56.5 Å². The summed E-state index contributed by atoms with van der Waals surface area (Å²) in [5.74, 6) is -2.71. The molecule has 6 atom stereocenters. The van der Waals surface area contributed by atoms with Crippen LogP contribution in [-0.4, -0.2) is 90.9 Å². The summed E-state index contributed by atoms with van der Waals surface area (Å²) in [4.78, 5) is 58.3. The minimum absolute atomic E-state index is 0.0965. The molecule has 1 spiro atoms. The number of allylic oxidation sites excluding steroid dienone is 1. The number of ether oxygens (including phenoxy) is 3. The maximum Gasteiger partial charge on any atom is 0.313 e. The zero-order valence-corrected chi connectivity index (χ0v) is 26.7. The number of esters is 1. The number of nitrogens with zero attached hydrogens (tertiary/aromatic N) is 2. The second kappa shape index (κ2) is 13.8. The topological polar surface area (TPSA) is 135 Å². The van der Waals surface area contributed by atoms with Crippen LogP contribution < -0.4 is 15.0 Å². The molecule has 2 fully saturated rings. The van der Waals surface area contributed by atoms with Crippen LogP contribution in [-0.2, 0) is 28.7 Å². The molecule has 0 unspecified atom stereocenters. The van der Waals surface area contributed by atoms with Gasteiger partial charge in [-0.1, -0.05) is 40.9 Å². The smallest absolute Gasteiger partial charge is 0.313 e. The second-order valence-corrected chi connectivity index (χ2v) is 12.6. The van der Waals surface area contributed by atoms with Gasteiger partial charge in [0.15, 0.2) is 0 Å². The Kier molecular flexibility index (Phi) is 10.1. The number of benzene rings is 1. The van der Waals surface area contributed by atoms with E-state index < -0.39 is 41.7 Å². The molecule has 4 aliphatic heterocycles. The third kappa shape index (κ3) is 6.16. The van der Waals surface area contributed by atoms with E-state index in [2.05, 4.69) is 21.2 Å². The SMILES string of the molecule is COc1ccc(N2C/C=C\CCC(=O)NC[C@H](C)OC(=O)[C@H]3[C@@H]4O[C@@]5(C=C4Br)[C@@H]3C(=O)N(CCCCCCO)[C@@H]5C2=O)cc1. The van der Waals surface area contributed by atoms with Crippen molar-refractivity contribution in [1.29, 1.82) is 0 Å². The normalized spacial score (nSPS) is 31.5. The van der Waals surface area contributed by atoms with Gasteiger partial charge in [-0.25, -0.2) is 0 Å². The van der Waals surface area contributed by atoms with E-state index in [9.17, 15) is 24.3 Å². The number of cyclic esters (lactones) is 1. The van der Waals surface area contributed by atoms with E-state index in [1.807, 2.05) is 12.2 Å². The van der Waals surface area contributed by atoms with Gasteiger partial charge in [-0.15, -0.1) is 0 Å². The largest absolute Gasteiger partial charge is 0.497 e. The van der Waals surface area contributed by atoms with Crippen molar-refractivity contribution in [2.45, 2.75) is 69.3 Å². The number of carbonyl (C=O) groups excluding carboxylic acids is 4. The molecule has 4 aliphatic rings. The first-order valence-electron chi connectivity index (χ1n) is 15.3. The number of hydrogen-bond donors (Lipinski definition) is 2. The predicted octanol–water partition coefficient (Wildman–Crippen LogP) is 2.85. The average Bonchev–Trinajstić information content (AvgIpc) is 3.60. The number of rotatable bonds is 8. The molecule has 0 aliphatic carbocycles. The molecule has 0 aromatic heterocycles. The Morgan fingerprint density at radius 2 is 1.82 bits per heavy atom. The number of halogens is 1. The van der Waals surface area contributed by atoms with Crippen LogP contribution in [0.15, 0.2) is 47.0 Å². The Balaban J connectivity index is 1.57. The van der Waals surface area contributed by atoms with Crippen LogP contribution in [0.2, 0.25) is 0 Å². The highest BCUT2D eigenvalue weighted by Crippen LogP contribution is 2.59. The van der Waals surface area contributed by atoms with E-state index in [0.29, 0.717) is 41.7 Å². The van der Waals surface area contributed by atoms with Crippen LogP contribution in [0, 0.1) is 11.8 Å². The van der Waals surface area contributed by atoms with Crippen molar-refractivity contribution in [3.8, 4) is 5.75 Å². The standard InChI is InChI=1S/C32H40BrN3O8/c1-20-19-34-24(38)10-6-5-8-15-35(21-11-13-22(42-2)14-12-21)30(40)28-32-18-23(33)27(44-32)25(31(41)43-20)26(32)29(39)36(28)16-7-3-4-9-17-37/h5,8,11-14,18,20,25-28,37H,3-4,6-7,9-10,15-17,19H2,1-2H3,(H,34,38)/b8-5-/t20-,25+,26-,27+,28+,32-/m0/s1. The van der Waals surface area contributed by atoms with Gasteiger partial charge >= 0.3 is 5.97 Å². The molecule has 2 N–H and O–H groups in total. The molecule has 5 bridgehead atoms. The zero-order chi connectivity index (χ0) is 31.4. The molecule has 12 heteroatoms. The molecule has 3 amide bonds. The highest BCUT2D eigenvalue weighted by molar-refractivity contribution is 9.11. The molecule has 1 aromatic carbocycles. The van der Waals surface area contributed by atoms with Crippen LogP contribution in [0.1, 0.15) is 45.4 Å². The van der Waals surface area contributed by atoms with E-state index in [4.69, 9.17) is 14.2 Å². The van der Waals surface area contributed by atoms with Gasteiger partial charge in [0.1, 0.15) is 35.5 Å². The van der Waals surface area contributed by atoms with Gasteiger partial charge in [-0.3, -0.25) is 19.2 Å². The number of aliphatic hydroxyl groups excluding tert-OH is 1. The highest BCUT2D eigenvalue weighted by Gasteiger charge is 2.74. The number of fused-ring (bicyclic) bond motifs is 2. The number of aliphatic hydroxyl groups is 1. The lowest BCUT2D eigenvalue weighted by Crippen LogP contribution is -2.56. The molecular formula is C32H40BrN3O8. The minimum atomic E-state index is -1.37. The monoisotopic (exact) mass is 673 g/mol. The van der Waals surface area contributed by atoms with Crippen molar-refractivity contribution in [2.24, 2.45) is 11.8 Å². The summed E-state index contributed by atoms with van der Waals surface area (Å²) in [6, 6.07) is 6.07. The molecule has 11 nitrogen and oxygen atoms in total. The molecule has 238 valence electrons. The van der Waals surface area contributed by atoms with Crippen LogP contribution in [0.5, 0.6) is 5.75 Å². The van der Waals surface area contributed by atoms with E-state index in [0.717, 1.165) is 12.8 Å². The number of nitrogens with one attached hydrogen (secondary N) is 1. The number of unbranched alkanes of at least 4 members (excludes halogenated alkanes) is 3. The molecule has 0 radical (unpaired) electrons. The van der Waals surface area contributed by atoms with Crippen molar-refractivity contribution < 1.29 is 38.5 Å². The van der Waals surface area contributed by atoms with Crippen LogP contribution in [0.25, 0.3) is 0 Å². The molecule has 4 heterocycles. The fraction of sp³-hybridized carbons (Fsp3) is 0.562. The first-order chi connectivity index (χ1) is 21.2. The quantitative estimate of drug-likeness (QED) is 0.245. The average molecular weight is 675 g/mol. The Morgan fingerprint density at radius 3 is 2.55 bits per heavy atom.